The van der Waals surface area contributed by atoms with Crippen LogP contribution in [0.1, 0.15) is 23.6 Å². The molecule has 2 rings (SSSR count). The van der Waals surface area contributed by atoms with Gasteiger partial charge in [-0.1, -0.05) is 40.2 Å². The number of halogens is 2. The van der Waals surface area contributed by atoms with Crippen LogP contribution >= 0.6 is 15.9 Å². The van der Waals surface area contributed by atoms with Crippen LogP contribution in [-0.4, -0.2) is 19.0 Å². The van der Waals surface area contributed by atoms with Gasteiger partial charge in [-0.3, -0.25) is 9.59 Å². The molecule has 1 N–H and O–H groups in total. The van der Waals surface area contributed by atoms with E-state index in [9.17, 15) is 14.0 Å². The maximum absolute atomic E-state index is 12.9. The van der Waals surface area contributed by atoms with Crippen LogP contribution in [0.5, 0.6) is 0 Å². The average molecular weight is 394 g/mol. The molecule has 4 nitrogen and oxygen atoms in total. The quantitative estimate of drug-likeness (QED) is 0.763. The van der Waals surface area contributed by atoms with Crippen molar-refractivity contribution in [2.24, 2.45) is 0 Å². The maximum atomic E-state index is 12.9. The lowest BCUT2D eigenvalue weighted by Crippen LogP contribution is -2.31. The van der Waals surface area contributed by atoms with Crippen molar-refractivity contribution in [2.45, 2.75) is 18.9 Å². The third-order valence-corrected chi connectivity index (χ3v) is 4.01. The smallest absolute Gasteiger partial charge is 0.307 e. The third-order valence-electron chi connectivity index (χ3n) is 3.48. The Kier molecular flexibility index (Phi) is 6.49. The molecule has 0 aromatic heterocycles. The number of carbonyl (C=O) groups excluding carboxylic acids is 2. The third kappa shape index (κ3) is 5.45. The van der Waals surface area contributed by atoms with Crippen molar-refractivity contribution in [3.05, 3.63) is 69.9 Å². The van der Waals surface area contributed by atoms with E-state index < -0.39 is 12.0 Å². The molecule has 1 unspecified atom stereocenters. The summed E-state index contributed by atoms with van der Waals surface area (Å²) in [7, 11) is 1.31. The Balaban J connectivity index is 2.08. The van der Waals surface area contributed by atoms with E-state index in [-0.39, 0.29) is 24.6 Å². The van der Waals surface area contributed by atoms with Gasteiger partial charge in [-0.05, 0) is 35.4 Å². The minimum atomic E-state index is -0.488. The lowest BCUT2D eigenvalue weighted by atomic mass is 10.0. The summed E-state index contributed by atoms with van der Waals surface area (Å²) in [4.78, 5) is 23.9. The normalized spacial score (nSPS) is 11.6. The second kappa shape index (κ2) is 8.59. The van der Waals surface area contributed by atoms with Crippen molar-refractivity contribution in [3.8, 4) is 0 Å². The van der Waals surface area contributed by atoms with E-state index in [4.69, 9.17) is 4.74 Å². The summed E-state index contributed by atoms with van der Waals surface area (Å²) in [5.74, 6) is -1.01. The molecule has 0 saturated carbocycles. The van der Waals surface area contributed by atoms with Crippen LogP contribution in [0.2, 0.25) is 0 Å². The fourth-order valence-corrected chi connectivity index (χ4v) is 2.49. The molecule has 0 spiro atoms. The predicted octanol–water partition coefficient (Wildman–Crippen LogP) is 3.55. The molecule has 0 fully saturated rings. The minimum Gasteiger partial charge on any atom is -0.469 e. The highest BCUT2D eigenvalue weighted by atomic mass is 79.9. The van der Waals surface area contributed by atoms with Gasteiger partial charge in [0.1, 0.15) is 5.82 Å². The first-order valence-corrected chi connectivity index (χ1v) is 8.13. The zero-order valence-corrected chi connectivity index (χ0v) is 14.7. The van der Waals surface area contributed by atoms with Crippen LogP contribution in [0.25, 0.3) is 0 Å². The number of ether oxygens (including phenoxy) is 1. The molecule has 2 aromatic rings. The fraction of sp³-hybridized carbons (Fsp3) is 0.222. The molecule has 0 saturated heterocycles. The van der Waals surface area contributed by atoms with Crippen molar-refractivity contribution in [2.75, 3.05) is 7.11 Å². The van der Waals surface area contributed by atoms with Crippen molar-refractivity contribution in [1.82, 2.24) is 5.32 Å². The van der Waals surface area contributed by atoms with Crippen molar-refractivity contribution < 1.29 is 18.7 Å². The van der Waals surface area contributed by atoms with Crippen LogP contribution in [0, 0.1) is 5.82 Å². The van der Waals surface area contributed by atoms with E-state index in [0.29, 0.717) is 5.56 Å². The highest BCUT2D eigenvalue weighted by Gasteiger charge is 2.19. The summed E-state index contributed by atoms with van der Waals surface area (Å²) in [6, 6.07) is 12.6. The van der Waals surface area contributed by atoms with Crippen LogP contribution in [-0.2, 0) is 20.7 Å². The Hall–Kier alpha value is -2.21. The molecule has 24 heavy (non-hydrogen) atoms. The van der Waals surface area contributed by atoms with E-state index in [2.05, 4.69) is 21.2 Å². The number of hydrogen-bond donors (Lipinski definition) is 1. The summed E-state index contributed by atoms with van der Waals surface area (Å²) in [6.45, 7) is 0. The van der Waals surface area contributed by atoms with Gasteiger partial charge in [0.2, 0.25) is 5.91 Å². The van der Waals surface area contributed by atoms with E-state index in [0.717, 1.165) is 10.0 Å². The van der Waals surface area contributed by atoms with E-state index in [1.165, 1.54) is 19.2 Å². The van der Waals surface area contributed by atoms with Crippen LogP contribution in [0.15, 0.2) is 53.0 Å². The monoisotopic (exact) mass is 393 g/mol. The van der Waals surface area contributed by atoms with Gasteiger partial charge >= 0.3 is 5.97 Å². The Labute approximate surface area is 148 Å². The molecule has 0 bridgehead atoms. The van der Waals surface area contributed by atoms with Gasteiger partial charge in [0, 0.05) is 4.47 Å². The molecular weight excluding hydrogens is 377 g/mol. The number of nitrogens with one attached hydrogen (secondary N) is 1. The topological polar surface area (TPSA) is 55.4 Å². The number of benzene rings is 2. The van der Waals surface area contributed by atoms with Crippen molar-refractivity contribution >= 4 is 27.8 Å². The van der Waals surface area contributed by atoms with Gasteiger partial charge < -0.3 is 10.1 Å². The molecule has 2 aromatic carbocycles. The second-order valence-corrected chi connectivity index (χ2v) is 6.17. The zero-order chi connectivity index (χ0) is 17.5. The first kappa shape index (κ1) is 18.1. The van der Waals surface area contributed by atoms with Gasteiger partial charge in [-0.15, -0.1) is 0 Å². The number of methoxy groups -OCH3 is 1. The van der Waals surface area contributed by atoms with Crippen LogP contribution in [0.4, 0.5) is 4.39 Å². The fourth-order valence-electron chi connectivity index (χ4n) is 2.23. The molecule has 126 valence electrons. The molecule has 0 aliphatic heterocycles. The molecule has 0 aliphatic rings. The Bertz CT molecular complexity index is 701. The van der Waals surface area contributed by atoms with Gasteiger partial charge in [-0.2, -0.15) is 0 Å². The van der Waals surface area contributed by atoms with Crippen molar-refractivity contribution in [3.63, 3.8) is 0 Å². The SMILES string of the molecule is COC(=O)CC(NC(=O)Cc1ccc(F)cc1)c1ccc(Br)cc1. The highest BCUT2D eigenvalue weighted by Crippen LogP contribution is 2.20. The predicted molar refractivity (Wildman–Crippen MR) is 91.8 cm³/mol. The largest absolute Gasteiger partial charge is 0.469 e. The number of carbonyl (C=O) groups is 2. The summed E-state index contributed by atoms with van der Waals surface area (Å²) in [5.41, 5.74) is 1.50. The molecular formula is C18H17BrFNO3. The van der Waals surface area contributed by atoms with Gasteiger partial charge in [0.15, 0.2) is 0 Å². The highest BCUT2D eigenvalue weighted by molar-refractivity contribution is 9.10. The maximum Gasteiger partial charge on any atom is 0.307 e. The standard InChI is InChI=1S/C18H17BrFNO3/c1-24-18(23)11-16(13-4-6-14(19)7-5-13)21-17(22)10-12-2-8-15(20)9-3-12/h2-9,16H,10-11H2,1H3,(H,21,22). The van der Waals surface area contributed by atoms with E-state index >= 15 is 0 Å². The van der Waals surface area contributed by atoms with Gasteiger partial charge in [0.25, 0.3) is 0 Å². The molecule has 0 aliphatic carbocycles. The van der Waals surface area contributed by atoms with E-state index in [1.54, 1.807) is 12.1 Å². The number of amides is 1. The van der Waals surface area contributed by atoms with Gasteiger partial charge in [-0.25, -0.2) is 4.39 Å². The Morgan fingerprint density at radius 2 is 1.75 bits per heavy atom. The molecule has 1 amide bonds. The average Bonchev–Trinajstić information content (AvgIpc) is 2.57. The molecule has 6 heteroatoms. The summed E-state index contributed by atoms with van der Waals surface area (Å²) in [5, 5.41) is 2.83. The Morgan fingerprint density at radius 3 is 2.33 bits per heavy atom. The number of hydrogen-bond acceptors (Lipinski definition) is 3. The van der Waals surface area contributed by atoms with Crippen molar-refractivity contribution in [1.29, 1.82) is 0 Å². The number of rotatable bonds is 6. The second-order valence-electron chi connectivity index (χ2n) is 5.26. The van der Waals surface area contributed by atoms with Crippen LogP contribution < -0.4 is 5.32 Å². The summed E-state index contributed by atoms with van der Waals surface area (Å²) >= 11 is 3.35. The van der Waals surface area contributed by atoms with Gasteiger partial charge in [0.05, 0.1) is 26.0 Å². The first-order valence-electron chi connectivity index (χ1n) is 7.34. The zero-order valence-electron chi connectivity index (χ0n) is 13.1. The molecule has 1 atom stereocenters. The first-order chi connectivity index (χ1) is 11.5. The Morgan fingerprint density at radius 1 is 1.12 bits per heavy atom. The summed E-state index contributed by atoms with van der Waals surface area (Å²) in [6.07, 6.45) is 0.141. The lowest BCUT2D eigenvalue weighted by Gasteiger charge is -2.18. The minimum absolute atomic E-state index is 0.0350. The lowest BCUT2D eigenvalue weighted by molar-refractivity contribution is -0.141. The molecule has 0 radical (unpaired) electrons. The molecule has 0 heterocycles. The van der Waals surface area contributed by atoms with E-state index in [1.807, 2.05) is 24.3 Å². The summed E-state index contributed by atoms with van der Waals surface area (Å²) < 4.78 is 18.5. The number of esters is 1. The van der Waals surface area contributed by atoms with Crippen LogP contribution in [0.3, 0.4) is 0 Å².